The van der Waals surface area contributed by atoms with Gasteiger partial charge in [0, 0.05) is 47.7 Å². The first kappa shape index (κ1) is 19.0. The number of hydrogen-bond donors (Lipinski definition) is 0. The average Bonchev–Trinajstić information content (AvgIpc) is 3.83. The Morgan fingerprint density at radius 3 is 2.66 bits per heavy atom. The fraction of sp³-hybridized carbons (Fsp3) is 0.172. The van der Waals surface area contributed by atoms with E-state index >= 15 is 0 Å². The summed E-state index contributed by atoms with van der Waals surface area (Å²) in [4.78, 5) is 28.5. The van der Waals surface area contributed by atoms with E-state index in [0.717, 1.165) is 51.7 Å². The predicted molar refractivity (Wildman–Crippen MR) is 133 cm³/mol. The standard InChI is InChI=1S/C29H21N5O/c35-27-24-7-3-18(12-20(24)16-33(27)23-5-6-23)21-14-31-28-32-15-26(34(28)17-21)29(9-10-29)22-4-8-25-19(13-22)2-1-11-30-25/h1-4,7-15,17,23H,5-6,16H2. The van der Waals surface area contributed by atoms with Gasteiger partial charge in [0.2, 0.25) is 5.78 Å². The van der Waals surface area contributed by atoms with Gasteiger partial charge in [-0.3, -0.25) is 14.2 Å². The highest BCUT2D eigenvalue weighted by molar-refractivity contribution is 5.99. The van der Waals surface area contributed by atoms with Crippen LogP contribution in [0.15, 0.2) is 85.5 Å². The number of pyridine rings is 1. The van der Waals surface area contributed by atoms with Gasteiger partial charge in [-0.1, -0.05) is 30.4 Å². The minimum absolute atomic E-state index is 0.173. The molecule has 2 aromatic carbocycles. The fourth-order valence-corrected chi connectivity index (χ4v) is 5.46. The van der Waals surface area contributed by atoms with Crippen molar-refractivity contribution in [2.45, 2.75) is 30.8 Å². The normalized spacial score (nSPS) is 17.9. The van der Waals surface area contributed by atoms with Crippen molar-refractivity contribution in [1.82, 2.24) is 24.3 Å². The van der Waals surface area contributed by atoms with Gasteiger partial charge in [-0.15, -0.1) is 0 Å². The van der Waals surface area contributed by atoms with E-state index in [-0.39, 0.29) is 11.3 Å². The third-order valence-electron chi connectivity index (χ3n) is 7.63. The summed E-state index contributed by atoms with van der Waals surface area (Å²) in [6.07, 6.45) is 14.4. The van der Waals surface area contributed by atoms with E-state index in [9.17, 15) is 4.79 Å². The summed E-state index contributed by atoms with van der Waals surface area (Å²) in [5, 5.41) is 1.12. The molecule has 0 bridgehead atoms. The van der Waals surface area contributed by atoms with Crippen molar-refractivity contribution in [3.63, 3.8) is 0 Å². The SMILES string of the molecule is O=C1c2ccc(-c3cnc4ncc(C5(c6ccc7ncccc7c6)C=C5)n4c3)cc2CN1C1CC1. The summed E-state index contributed by atoms with van der Waals surface area (Å²) < 4.78 is 2.09. The van der Waals surface area contributed by atoms with Gasteiger partial charge in [-0.25, -0.2) is 9.97 Å². The second kappa shape index (κ2) is 6.63. The van der Waals surface area contributed by atoms with Crippen LogP contribution in [0.25, 0.3) is 27.8 Å². The molecule has 8 rings (SSSR count). The second-order valence-electron chi connectivity index (χ2n) is 9.81. The highest BCUT2D eigenvalue weighted by atomic mass is 16.2. The number of allylic oxidation sites excluding steroid dienone is 2. The maximum atomic E-state index is 12.7. The van der Waals surface area contributed by atoms with Crippen molar-refractivity contribution in [3.05, 3.63) is 108 Å². The lowest BCUT2D eigenvalue weighted by Crippen LogP contribution is -2.25. The van der Waals surface area contributed by atoms with Crippen molar-refractivity contribution >= 4 is 22.6 Å². The van der Waals surface area contributed by atoms with E-state index in [2.05, 4.69) is 68.0 Å². The van der Waals surface area contributed by atoms with Crippen LogP contribution in [0.1, 0.15) is 40.0 Å². The summed E-state index contributed by atoms with van der Waals surface area (Å²) >= 11 is 0. The van der Waals surface area contributed by atoms with Crippen molar-refractivity contribution in [1.29, 1.82) is 0 Å². The van der Waals surface area contributed by atoms with Gasteiger partial charge in [-0.05, 0) is 59.9 Å². The number of amides is 1. The van der Waals surface area contributed by atoms with Crippen LogP contribution in [0.3, 0.4) is 0 Å². The molecule has 3 aromatic heterocycles. The van der Waals surface area contributed by atoms with Gasteiger partial charge >= 0.3 is 0 Å². The number of carbonyl (C=O) groups excluding carboxylic acids is 1. The molecule has 6 nitrogen and oxygen atoms in total. The van der Waals surface area contributed by atoms with Gasteiger partial charge in [0.05, 0.1) is 22.8 Å². The topological polar surface area (TPSA) is 63.4 Å². The molecule has 1 amide bonds. The zero-order valence-corrected chi connectivity index (χ0v) is 18.9. The zero-order chi connectivity index (χ0) is 23.1. The number of imidazole rings is 1. The monoisotopic (exact) mass is 455 g/mol. The molecule has 0 spiro atoms. The third-order valence-corrected chi connectivity index (χ3v) is 7.63. The van der Waals surface area contributed by atoms with Gasteiger partial charge in [-0.2, -0.15) is 0 Å². The minimum Gasteiger partial charge on any atom is -0.331 e. The Hall–Kier alpha value is -4.32. The van der Waals surface area contributed by atoms with Crippen LogP contribution < -0.4 is 0 Å². The molecule has 2 aliphatic carbocycles. The van der Waals surface area contributed by atoms with Crippen LogP contribution in [0.5, 0.6) is 0 Å². The minimum atomic E-state index is -0.293. The maximum Gasteiger partial charge on any atom is 0.254 e. The first-order chi connectivity index (χ1) is 17.2. The molecule has 0 N–H and O–H groups in total. The van der Waals surface area contributed by atoms with E-state index in [4.69, 9.17) is 0 Å². The summed E-state index contributed by atoms with van der Waals surface area (Å²) in [6.45, 7) is 0.711. The Morgan fingerprint density at radius 2 is 1.80 bits per heavy atom. The molecule has 0 saturated heterocycles. The summed E-state index contributed by atoms with van der Waals surface area (Å²) in [7, 11) is 0. The Morgan fingerprint density at radius 1 is 0.914 bits per heavy atom. The molecular weight excluding hydrogens is 434 g/mol. The number of fused-ring (bicyclic) bond motifs is 3. The second-order valence-corrected chi connectivity index (χ2v) is 9.81. The molecule has 0 atom stereocenters. The molecule has 4 heterocycles. The molecule has 168 valence electrons. The van der Waals surface area contributed by atoms with Crippen LogP contribution >= 0.6 is 0 Å². The number of carbonyl (C=O) groups is 1. The molecule has 0 radical (unpaired) electrons. The molecular formula is C29H21N5O. The highest BCUT2D eigenvalue weighted by Gasteiger charge is 2.41. The van der Waals surface area contributed by atoms with E-state index in [0.29, 0.717) is 18.4 Å². The lowest BCUT2D eigenvalue weighted by atomic mass is 9.89. The van der Waals surface area contributed by atoms with Crippen LogP contribution in [-0.2, 0) is 12.0 Å². The number of hydrogen-bond acceptors (Lipinski definition) is 4. The number of nitrogens with zero attached hydrogens (tertiary/aromatic N) is 5. The van der Waals surface area contributed by atoms with E-state index in [1.165, 1.54) is 5.56 Å². The van der Waals surface area contributed by atoms with Gasteiger partial charge in [0.15, 0.2) is 0 Å². The van der Waals surface area contributed by atoms with Crippen LogP contribution in [0.4, 0.5) is 0 Å². The zero-order valence-electron chi connectivity index (χ0n) is 18.9. The predicted octanol–water partition coefficient (Wildman–Crippen LogP) is 4.92. The van der Waals surface area contributed by atoms with Crippen molar-refractivity contribution in [2.75, 3.05) is 0 Å². The average molecular weight is 456 g/mol. The Kier molecular flexibility index (Phi) is 3.61. The largest absolute Gasteiger partial charge is 0.331 e. The van der Waals surface area contributed by atoms with E-state index in [1.807, 2.05) is 41.7 Å². The molecule has 5 aromatic rings. The quantitative estimate of drug-likeness (QED) is 0.361. The summed E-state index contributed by atoms with van der Waals surface area (Å²) in [6, 6.07) is 17.1. The van der Waals surface area contributed by atoms with Gasteiger partial charge in [0.25, 0.3) is 5.91 Å². The lowest BCUT2D eigenvalue weighted by molar-refractivity contribution is 0.0766. The van der Waals surface area contributed by atoms with Crippen LogP contribution in [-0.4, -0.2) is 36.2 Å². The Labute approximate surface area is 201 Å². The first-order valence-corrected chi connectivity index (χ1v) is 12.0. The van der Waals surface area contributed by atoms with Crippen molar-refractivity contribution < 1.29 is 4.79 Å². The summed E-state index contributed by atoms with van der Waals surface area (Å²) in [5.41, 5.74) is 6.99. The smallest absolute Gasteiger partial charge is 0.254 e. The molecule has 35 heavy (non-hydrogen) atoms. The molecule has 6 heteroatoms. The molecule has 1 aliphatic heterocycles. The maximum absolute atomic E-state index is 12.7. The number of aromatic nitrogens is 4. The number of rotatable bonds is 4. The molecule has 1 saturated carbocycles. The molecule has 0 unspecified atom stereocenters. The molecule has 3 aliphatic rings. The van der Waals surface area contributed by atoms with Crippen molar-refractivity contribution in [3.8, 4) is 11.1 Å². The van der Waals surface area contributed by atoms with Crippen molar-refractivity contribution in [2.24, 2.45) is 0 Å². The Bertz CT molecular complexity index is 1720. The highest BCUT2D eigenvalue weighted by Crippen LogP contribution is 2.46. The molecule has 1 fully saturated rings. The van der Waals surface area contributed by atoms with Gasteiger partial charge < -0.3 is 4.90 Å². The van der Waals surface area contributed by atoms with E-state index < -0.39 is 0 Å². The Balaban J connectivity index is 1.20. The first-order valence-electron chi connectivity index (χ1n) is 12.0. The summed E-state index contributed by atoms with van der Waals surface area (Å²) in [5.74, 6) is 0.849. The van der Waals surface area contributed by atoms with Gasteiger partial charge in [0.1, 0.15) is 0 Å². The fourth-order valence-electron chi connectivity index (χ4n) is 5.46. The van der Waals surface area contributed by atoms with Crippen LogP contribution in [0.2, 0.25) is 0 Å². The number of benzene rings is 2. The van der Waals surface area contributed by atoms with E-state index in [1.54, 1.807) is 0 Å². The van der Waals surface area contributed by atoms with Crippen LogP contribution in [0, 0.1) is 0 Å². The lowest BCUT2D eigenvalue weighted by Gasteiger charge is -2.17. The third kappa shape index (κ3) is 2.77.